The van der Waals surface area contributed by atoms with E-state index in [0.29, 0.717) is 23.4 Å². The summed E-state index contributed by atoms with van der Waals surface area (Å²) in [6.45, 7) is -1.02. The van der Waals surface area contributed by atoms with Crippen molar-refractivity contribution in [1.29, 1.82) is 0 Å². The Morgan fingerprint density at radius 3 is 2.26 bits per heavy atom. The van der Waals surface area contributed by atoms with Crippen LogP contribution in [-0.2, 0) is 39.8 Å². The van der Waals surface area contributed by atoms with Crippen LogP contribution in [0.25, 0.3) is 0 Å². The van der Waals surface area contributed by atoms with Crippen LogP contribution in [-0.4, -0.2) is 71.6 Å². The highest BCUT2D eigenvalue weighted by Gasteiger charge is 2.49. The highest BCUT2D eigenvalue weighted by atomic mass is 19.4. The molecule has 3 amide bonds. The number of ether oxygens (including phenoxy) is 2. The largest absolute Gasteiger partial charge is 0.496 e. The molecule has 0 unspecified atom stereocenters. The van der Waals surface area contributed by atoms with Crippen LogP contribution in [0.2, 0.25) is 0 Å². The fourth-order valence-corrected chi connectivity index (χ4v) is 5.14. The molecule has 2 heterocycles. The van der Waals surface area contributed by atoms with Gasteiger partial charge in [-0.3, -0.25) is 14.5 Å². The summed E-state index contributed by atoms with van der Waals surface area (Å²) in [5.41, 5.74) is 2.79. The first kappa shape index (κ1) is 30.9. The monoisotopic (exact) mass is 602 g/mol. The van der Waals surface area contributed by atoms with E-state index < -0.39 is 65.8 Å². The van der Waals surface area contributed by atoms with Crippen LogP contribution >= 0.6 is 0 Å². The second kappa shape index (κ2) is 12.1. The van der Waals surface area contributed by atoms with E-state index in [1.165, 1.54) is 16.9 Å². The number of hydrogen-bond acceptors (Lipinski definition) is 6. The highest BCUT2D eigenvalue weighted by molar-refractivity contribution is 5.90. The van der Waals surface area contributed by atoms with Gasteiger partial charge < -0.3 is 25.0 Å². The molecule has 2 aliphatic heterocycles. The van der Waals surface area contributed by atoms with Crippen molar-refractivity contribution in [2.45, 2.75) is 50.6 Å². The molecule has 42 heavy (non-hydrogen) atoms. The number of fused-ring (bicyclic) bond motifs is 1. The normalized spacial score (nSPS) is 19.6. The first-order valence-corrected chi connectivity index (χ1v) is 12.9. The molecule has 2 fully saturated rings. The molecule has 9 nitrogen and oxygen atoms in total. The Balaban J connectivity index is 1.59. The highest BCUT2D eigenvalue weighted by Crippen LogP contribution is 2.37. The Morgan fingerprint density at radius 1 is 1.02 bits per heavy atom. The van der Waals surface area contributed by atoms with Crippen LogP contribution in [0, 0.1) is 0 Å². The van der Waals surface area contributed by atoms with E-state index >= 15 is 0 Å². The minimum absolute atomic E-state index is 0.0214. The van der Waals surface area contributed by atoms with Gasteiger partial charge in [0.1, 0.15) is 24.6 Å². The smallest absolute Gasteiger partial charge is 0.416 e. The Kier molecular flexibility index (Phi) is 8.89. The zero-order valence-electron chi connectivity index (χ0n) is 22.4. The third-order valence-corrected chi connectivity index (χ3v) is 7.09. The lowest BCUT2D eigenvalue weighted by Gasteiger charge is -2.51. The molecule has 4 rings (SSSR count). The molecule has 15 heteroatoms. The third-order valence-electron chi connectivity index (χ3n) is 7.09. The Bertz CT molecular complexity index is 1300. The number of carbonyl (C=O) groups is 3. The number of carbonyl (C=O) groups excluding carboxylic acids is 3. The predicted octanol–water partition coefficient (Wildman–Crippen LogP) is 3.99. The maximum atomic E-state index is 13.5. The molecule has 2 aliphatic rings. The molecule has 2 aromatic rings. The van der Waals surface area contributed by atoms with Crippen LogP contribution in [0.15, 0.2) is 42.5 Å². The topological polar surface area (TPSA) is 105 Å². The molecule has 0 aromatic heterocycles. The van der Waals surface area contributed by atoms with Gasteiger partial charge in [0.25, 0.3) is 0 Å². The van der Waals surface area contributed by atoms with Crippen molar-refractivity contribution in [3.8, 4) is 5.75 Å². The second-order valence-corrected chi connectivity index (χ2v) is 9.82. The fraction of sp³-hybridized carbons (Fsp3) is 0.444. The summed E-state index contributed by atoms with van der Waals surface area (Å²) in [5, 5.41) is 0. The van der Waals surface area contributed by atoms with Crippen molar-refractivity contribution in [3.63, 3.8) is 0 Å². The minimum Gasteiger partial charge on any atom is -0.496 e. The van der Waals surface area contributed by atoms with Gasteiger partial charge in [0.15, 0.2) is 0 Å². The van der Waals surface area contributed by atoms with Crippen molar-refractivity contribution < 1.29 is 50.2 Å². The van der Waals surface area contributed by atoms with Gasteiger partial charge in [-0.25, -0.2) is 4.79 Å². The van der Waals surface area contributed by atoms with E-state index in [-0.39, 0.29) is 45.1 Å². The maximum absolute atomic E-state index is 13.5. The van der Waals surface area contributed by atoms with Crippen LogP contribution in [0.3, 0.4) is 0 Å². The van der Waals surface area contributed by atoms with Gasteiger partial charge >= 0.3 is 18.4 Å². The van der Waals surface area contributed by atoms with Gasteiger partial charge in [-0.05, 0) is 42.8 Å². The van der Waals surface area contributed by atoms with E-state index in [9.17, 15) is 40.7 Å². The van der Waals surface area contributed by atoms with Gasteiger partial charge in [-0.2, -0.15) is 26.3 Å². The summed E-state index contributed by atoms with van der Waals surface area (Å²) >= 11 is 0. The number of halogens is 6. The van der Waals surface area contributed by atoms with Crippen molar-refractivity contribution in [2.24, 2.45) is 5.73 Å². The molecule has 2 aromatic carbocycles. The average Bonchev–Trinajstić information content (AvgIpc) is 2.93. The number of hydrogen-bond donors (Lipinski definition) is 1. The van der Waals surface area contributed by atoms with Gasteiger partial charge in [-0.15, -0.1) is 0 Å². The summed E-state index contributed by atoms with van der Waals surface area (Å²) < 4.78 is 90.0. The summed E-state index contributed by atoms with van der Waals surface area (Å²) in [4.78, 5) is 43.4. The molecule has 0 spiro atoms. The molecular weight excluding hydrogens is 574 g/mol. The number of benzene rings is 2. The molecule has 0 bridgehead atoms. The lowest BCUT2D eigenvalue weighted by molar-refractivity contribution is -0.168. The first-order valence-electron chi connectivity index (χ1n) is 12.9. The van der Waals surface area contributed by atoms with Crippen molar-refractivity contribution >= 4 is 17.9 Å². The minimum atomic E-state index is -5.06. The third kappa shape index (κ3) is 6.55. The summed E-state index contributed by atoms with van der Waals surface area (Å²) in [6.07, 6.45) is -12.3. The number of amides is 3. The molecule has 2 atom stereocenters. The zero-order chi connectivity index (χ0) is 30.8. The molecule has 2 saturated heterocycles. The fourth-order valence-electron chi connectivity index (χ4n) is 5.14. The van der Waals surface area contributed by atoms with Gasteiger partial charge in [-0.1, -0.05) is 18.2 Å². The SMILES string of the molecule is COc1ccccc1CN1C[C@@H]2N(C(=O)OCc3cc(C(F)(F)F)cc(C(F)(F)F)c3)CCC(=O)N2[C@@H](CCN)C1=O. The number of nitrogens with zero attached hydrogens (tertiary/aromatic N) is 3. The molecule has 228 valence electrons. The van der Waals surface area contributed by atoms with Gasteiger partial charge in [0.2, 0.25) is 11.8 Å². The zero-order valence-corrected chi connectivity index (χ0v) is 22.4. The summed E-state index contributed by atoms with van der Waals surface area (Å²) in [5.74, 6) is -0.284. The summed E-state index contributed by atoms with van der Waals surface area (Å²) in [6, 6.07) is 6.88. The van der Waals surface area contributed by atoms with Crippen molar-refractivity contribution in [3.05, 3.63) is 64.7 Å². The number of para-hydroxylation sites is 1. The Hall–Kier alpha value is -4.01. The van der Waals surface area contributed by atoms with E-state index in [1.807, 2.05) is 0 Å². The molecule has 0 saturated carbocycles. The maximum Gasteiger partial charge on any atom is 0.416 e. The van der Waals surface area contributed by atoms with Crippen LogP contribution in [0.4, 0.5) is 31.1 Å². The number of nitrogens with two attached hydrogens (primary N) is 1. The molecule has 0 aliphatic carbocycles. The quantitative estimate of drug-likeness (QED) is 0.481. The Morgan fingerprint density at radius 2 is 1.67 bits per heavy atom. The first-order chi connectivity index (χ1) is 19.7. The van der Waals surface area contributed by atoms with Gasteiger partial charge in [0.05, 0.1) is 24.8 Å². The predicted molar refractivity (Wildman–Crippen MR) is 134 cm³/mol. The van der Waals surface area contributed by atoms with E-state index in [4.69, 9.17) is 15.2 Å². The van der Waals surface area contributed by atoms with Crippen molar-refractivity contribution in [1.82, 2.24) is 14.7 Å². The van der Waals surface area contributed by atoms with Crippen LogP contribution in [0.5, 0.6) is 5.75 Å². The van der Waals surface area contributed by atoms with Gasteiger partial charge in [0, 0.05) is 25.1 Å². The van der Waals surface area contributed by atoms with Crippen molar-refractivity contribution in [2.75, 3.05) is 26.7 Å². The van der Waals surface area contributed by atoms with E-state index in [2.05, 4.69) is 0 Å². The Labute approximate surface area is 236 Å². The molecule has 0 radical (unpaired) electrons. The lowest BCUT2D eigenvalue weighted by Crippen LogP contribution is -2.71. The molecule has 2 N–H and O–H groups in total. The lowest BCUT2D eigenvalue weighted by atomic mass is 10.0. The number of alkyl halides is 6. The van der Waals surface area contributed by atoms with E-state index in [1.54, 1.807) is 24.3 Å². The van der Waals surface area contributed by atoms with E-state index in [0.717, 1.165) is 4.90 Å². The number of methoxy groups -OCH3 is 1. The van der Waals surface area contributed by atoms with Crippen LogP contribution in [0.1, 0.15) is 35.1 Å². The molecular formula is C27H28F6N4O5. The second-order valence-electron chi connectivity index (χ2n) is 9.82. The summed E-state index contributed by atoms with van der Waals surface area (Å²) in [7, 11) is 1.47. The number of piperazine rings is 1. The van der Waals surface area contributed by atoms with Crippen LogP contribution < -0.4 is 10.5 Å². The standard InChI is InChI=1S/C27H28F6N4O5/c1-41-21-5-3-2-4-17(21)13-35-14-22-36(9-7-23(38)37(22)20(6-8-34)24(35)39)25(40)42-15-16-10-18(26(28,29)30)12-19(11-16)27(31,32)33/h2-5,10-12,20,22H,6-9,13-15,34H2,1H3/t20-,22+/m0/s1. The average molecular weight is 603 g/mol. The number of rotatable bonds is 7.